The average molecular weight is 401 g/mol. The van der Waals surface area contributed by atoms with E-state index in [0.29, 0.717) is 12.5 Å². The van der Waals surface area contributed by atoms with Gasteiger partial charge in [0.05, 0.1) is 5.92 Å². The van der Waals surface area contributed by atoms with Gasteiger partial charge in [-0.3, -0.25) is 9.59 Å². The number of halogens is 1. The SMILES string of the molecule is CC(C)c1ccccc1NC(=O)C1CC(=O)N(c2ccc(Br)cc2)C1. The molecule has 1 N–H and O–H groups in total. The maximum absolute atomic E-state index is 12.7. The molecule has 0 aliphatic carbocycles. The summed E-state index contributed by atoms with van der Waals surface area (Å²) in [5.41, 5.74) is 2.76. The second-order valence-corrected chi connectivity index (χ2v) is 7.53. The van der Waals surface area contributed by atoms with Gasteiger partial charge in [-0.2, -0.15) is 0 Å². The van der Waals surface area contributed by atoms with E-state index in [2.05, 4.69) is 35.1 Å². The number of carbonyl (C=O) groups excluding carboxylic acids is 2. The molecule has 2 aromatic carbocycles. The molecule has 1 fully saturated rings. The third-order valence-corrected chi connectivity index (χ3v) is 5.00. The third kappa shape index (κ3) is 3.93. The summed E-state index contributed by atoms with van der Waals surface area (Å²) in [5, 5.41) is 3.01. The maximum Gasteiger partial charge on any atom is 0.229 e. The fraction of sp³-hybridized carbons (Fsp3) is 0.300. The molecule has 0 aromatic heterocycles. The Balaban J connectivity index is 1.72. The van der Waals surface area contributed by atoms with Crippen molar-refractivity contribution >= 4 is 39.1 Å². The second kappa shape index (κ2) is 7.40. The number of hydrogen-bond acceptors (Lipinski definition) is 2. The Morgan fingerprint density at radius 2 is 1.84 bits per heavy atom. The Morgan fingerprint density at radius 3 is 2.52 bits per heavy atom. The topological polar surface area (TPSA) is 49.4 Å². The lowest BCUT2D eigenvalue weighted by Crippen LogP contribution is -2.28. The zero-order chi connectivity index (χ0) is 18.0. The van der Waals surface area contributed by atoms with E-state index in [-0.39, 0.29) is 24.2 Å². The Bertz CT molecular complexity index is 787. The number of anilines is 2. The minimum Gasteiger partial charge on any atom is -0.326 e. The molecule has 0 saturated carbocycles. The van der Waals surface area contributed by atoms with Gasteiger partial charge in [-0.15, -0.1) is 0 Å². The number of para-hydroxylation sites is 1. The van der Waals surface area contributed by atoms with E-state index >= 15 is 0 Å². The third-order valence-electron chi connectivity index (χ3n) is 4.47. The Kier molecular flexibility index (Phi) is 5.23. The first-order chi connectivity index (χ1) is 12.0. The summed E-state index contributed by atoms with van der Waals surface area (Å²) in [5.74, 6) is -0.127. The average Bonchev–Trinajstić information content (AvgIpc) is 2.98. The summed E-state index contributed by atoms with van der Waals surface area (Å²) in [7, 11) is 0. The van der Waals surface area contributed by atoms with Gasteiger partial charge in [-0.1, -0.05) is 48.0 Å². The lowest BCUT2D eigenvalue weighted by atomic mass is 10.0. The van der Waals surface area contributed by atoms with Gasteiger partial charge in [-0.05, 0) is 41.8 Å². The quantitative estimate of drug-likeness (QED) is 0.817. The van der Waals surface area contributed by atoms with Crippen LogP contribution in [0.3, 0.4) is 0 Å². The molecular formula is C20H21BrN2O2. The minimum atomic E-state index is -0.337. The largest absolute Gasteiger partial charge is 0.326 e. The monoisotopic (exact) mass is 400 g/mol. The second-order valence-electron chi connectivity index (χ2n) is 6.61. The number of nitrogens with one attached hydrogen (secondary N) is 1. The molecule has 2 aromatic rings. The van der Waals surface area contributed by atoms with Gasteiger partial charge < -0.3 is 10.2 Å². The molecule has 3 rings (SSSR count). The van der Waals surface area contributed by atoms with Gasteiger partial charge in [-0.25, -0.2) is 0 Å². The molecule has 1 heterocycles. The van der Waals surface area contributed by atoms with Crippen LogP contribution >= 0.6 is 15.9 Å². The molecular weight excluding hydrogens is 380 g/mol. The molecule has 2 amide bonds. The molecule has 1 atom stereocenters. The molecule has 5 heteroatoms. The van der Waals surface area contributed by atoms with Crippen molar-refractivity contribution in [2.24, 2.45) is 5.92 Å². The number of hydrogen-bond donors (Lipinski definition) is 1. The van der Waals surface area contributed by atoms with Crippen molar-refractivity contribution in [2.75, 3.05) is 16.8 Å². The molecule has 1 aliphatic heterocycles. The highest BCUT2D eigenvalue weighted by Crippen LogP contribution is 2.29. The van der Waals surface area contributed by atoms with Crippen molar-refractivity contribution in [3.05, 3.63) is 58.6 Å². The van der Waals surface area contributed by atoms with Crippen LogP contribution in [0.25, 0.3) is 0 Å². The van der Waals surface area contributed by atoms with Crippen LogP contribution in [0.15, 0.2) is 53.0 Å². The smallest absolute Gasteiger partial charge is 0.229 e. The summed E-state index contributed by atoms with van der Waals surface area (Å²) < 4.78 is 0.961. The fourth-order valence-corrected chi connectivity index (χ4v) is 3.37. The highest BCUT2D eigenvalue weighted by atomic mass is 79.9. The molecule has 25 heavy (non-hydrogen) atoms. The summed E-state index contributed by atoms with van der Waals surface area (Å²) >= 11 is 3.39. The lowest BCUT2D eigenvalue weighted by molar-refractivity contribution is -0.122. The summed E-state index contributed by atoms with van der Waals surface area (Å²) in [4.78, 5) is 26.7. The van der Waals surface area contributed by atoms with Gasteiger partial charge in [0.25, 0.3) is 0 Å². The van der Waals surface area contributed by atoms with Crippen LogP contribution < -0.4 is 10.2 Å². The first kappa shape index (κ1) is 17.7. The van der Waals surface area contributed by atoms with E-state index < -0.39 is 0 Å². The van der Waals surface area contributed by atoms with Crippen LogP contribution in [0, 0.1) is 5.92 Å². The van der Waals surface area contributed by atoms with Crippen LogP contribution in [-0.4, -0.2) is 18.4 Å². The summed E-state index contributed by atoms with van der Waals surface area (Å²) in [6.45, 7) is 4.61. The predicted octanol–water partition coefficient (Wildman–Crippen LogP) is 4.56. The normalized spacial score (nSPS) is 17.2. The molecule has 0 bridgehead atoms. The predicted molar refractivity (Wildman–Crippen MR) is 104 cm³/mol. The van der Waals surface area contributed by atoms with E-state index in [1.165, 1.54) is 0 Å². The summed E-state index contributed by atoms with van der Waals surface area (Å²) in [6.07, 6.45) is 0.242. The first-order valence-corrected chi connectivity index (χ1v) is 9.20. The molecule has 0 spiro atoms. The minimum absolute atomic E-state index is 0.0142. The Labute approximate surface area is 156 Å². The van der Waals surface area contributed by atoms with E-state index in [4.69, 9.17) is 0 Å². The van der Waals surface area contributed by atoms with Gasteiger partial charge >= 0.3 is 0 Å². The summed E-state index contributed by atoms with van der Waals surface area (Å²) in [6, 6.07) is 15.4. The van der Waals surface area contributed by atoms with E-state index in [9.17, 15) is 9.59 Å². The van der Waals surface area contributed by atoms with Crippen LogP contribution in [-0.2, 0) is 9.59 Å². The molecule has 1 aliphatic rings. The highest BCUT2D eigenvalue weighted by molar-refractivity contribution is 9.10. The number of amides is 2. The van der Waals surface area contributed by atoms with Crippen molar-refractivity contribution in [2.45, 2.75) is 26.2 Å². The molecule has 1 unspecified atom stereocenters. The van der Waals surface area contributed by atoms with E-state index in [1.807, 2.05) is 48.5 Å². The van der Waals surface area contributed by atoms with Gasteiger partial charge in [0.2, 0.25) is 11.8 Å². The zero-order valence-corrected chi connectivity index (χ0v) is 15.9. The van der Waals surface area contributed by atoms with Crippen LogP contribution in [0.1, 0.15) is 31.7 Å². The highest BCUT2D eigenvalue weighted by Gasteiger charge is 2.35. The van der Waals surface area contributed by atoms with Gasteiger partial charge in [0.15, 0.2) is 0 Å². The van der Waals surface area contributed by atoms with Gasteiger partial charge in [0, 0.05) is 28.8 Å². The van der Waals surface area contributed by atoms with Crippen molar-refractivity contribution in [3.63, 3.8) is 0 Å². The number of rotatable bonds is 4. The number of carbonyl (C=O) groups is 2. The van der Waals surface area contributed by atoms with Crippen molar-refractivity contribution < 1.29 is 9.59 Å². The molecule has 1 saturated heterocycles. The first-order valence-electron chi connectivity index (χ1n) is 8.41. The standard InChI is InChI=1S/C20H21BrN2O2/c1-13(2)17-5-3-4-6-18(17)22-20(25)14-11-19(24)23(12-14)16-9-7-15(21)8-10-16/h3-10,13-14H,11-12H2,1-2H3,(H,22,25). The molecule has 4 nitrogen and oxygen atoms in total. The lowest BCUT2D eigenvalue weighted by Gasteiger charge is -2.18. The van der Waals surface area contributed by atoms with Crippen LogP contribution in [0.4, 0.5) is 11.4 Å². The zero-order valence-electron chi connectivity index (χ0n) is 14.3. The van der Waals surface area contributed by atoms with Crippen LogP contribution in [0.5, 0.6) is 0 Å². The maximum atomic E-state index is 12.7. The van der Waals surface area contributed by atoms with E-state index in [1.54, 1.807) is 4.90 Å². The molecule has 130 valence electrons. The number of benzene rings is 2. The van der Waals surface area contributed by atoms with Crippen molar-refractivity contribution in [3.8, 4) is 0 Å². The van der Waals surface area contributed by atoms with Crippen molar-refractivity contribution in [1.82, 2.24) is 0 Å². The fourth-order valence-electron chi connectivity index (χ4n) is 3.10. The molecule has 0 radical (unpaired) electrons. The number of nitrogens with zero attached hydrogens (tertiary/aromatic N) is 1. The van der Waals surface area contributed by atoms with Gasteiger partial charge in [0.1, 0.15) is 0 Å². The Hall–Kier alpha value is -2.14. The Morgan fingerprint density at radius 1 is 1.16 bits per heavy atom. The van der Waals surface area contributed by atoms with Crippen molar-refractivity contribution in [1.29, 1.82) is 0 Å². The van der Waals surface area contributed by atoms with Crippen LogP contribution in [0.2, 0.25) is 0 Å². The van der Waals surface area contributed by atoms with E-state index in [0.717, 1.165) is 21.4 Å².